The molecule has 0 radical (unpaired) electrons. The molecule has 8 heteroatoms. The molecule has 0 fully saturated rings. The number of hydrogen-bond acceptors (Lipinski definition) is 6. The number of benzene rings is 1. The van der Waals surface area contributed by atoms with Gasteiger partial charge in [-0.05, 0) is 25.1 Å². The molecule has 8 nitrogen and oxygen atoms in total. The first-order valence-electron chi connectivity index (χ1n) is 6.78. The van der Waals surface area contributed by atoms with Gasteiger partial charge in [-0.2, -0.15) is 5.10 Å². The molecule has 0 aliphatic carbocycles. The first-order chi connectivity index (χ1) is 11.0. The standard InChI is InChI=1S/C15H11N3O5/c1-2-23-15(22)13-14(21)9-7-8(3-4-10(9)16-17-13)18-11(19)5-6-12(18)20/h3-7H,2H2,1H3,(H,16,21). The lowest BCUT2D eigenvalue weighted by Gasteiger charge is -2.14. The molecule has 2 amide bonds. The summed E-state index contributed by atoms with van der Waals surface area (Å²) >= 11 is 0. The Hall–Kier alpha value is -3.29. The molecule has 1 aromatic carbocycles. The number of carbonyl (C=O) groups excluding carboxylic acids is 3. The van der Waals surface area contributed by atoms with Gasteiger partial charge in [0.25, 0.3) is 11.8 Å². The average Bonchev–Trinajstić information content (AvgIpc) is 2.87. The van der Waals surface area contributed by atoms with E-state index in [4.69, 9.17) is 4.74 Å². The molecule has 2 aromatic rings. The third-order valence-electron chi connectivity index (χ3n) is 3.29. The minimum Gasteiger partial charge on any atom is -0.461 e. The molecule has 1 aliphatic heterocycles. The van der Waals surface area contributed by atoms with E-state index in [0.717, 1.165) is 17.1 Å². The fourth-order valence-corrected chi connectivity index (χ4v) is 2.24. The van der Waals surface area contributed by atoms with Crippen molar-refractivity contribution < 1.29 is 19.1 Å². The molecule has 1 N–H and O–H groups in total. The number of H-pyrrole nitrogens is 1. The lowest BCUT2D eigenvalue weighted by molar-refractivity contribution is -0.119. The number of rotatable bonds is 3. The SMILES string of the molecule is CCOC(=O)c1n[nH]c2ccc(N3C(=O)C=CC3=O)cc2c1=O. The predicted octanol–water partition coefficient (Wildman–Crippen LogP) is 0.529. The summed E-state index contributed by atoms with van der Waals surface area (Å²) in [7, 11) is 0. The molecule has 0 atom stereocenters. The van der Waals surface area contributed by atoms with Crippen LogP contribution in [0.3, 0.4) is 0 Å². The maximum atomic E-state index is 12.4. The summed E-state index contributed by atoms with van der Waals surface area (Å²) in [5, 5.41) is 6.43. The van der Waals surface area contributed by atoms with Crippen molar-refractivity contribution in [3.63, 3.8) is 0 Å². The van der Waals surface area contributed by atoms with Crippen LogP contribution in [0.4, 0.5) is 5.69 Å². The van der Waals surface area contributed by atoms with Crippen LogP contribution in [0.1, 0.15) is 17.4 Å². The van der Waals surface area contributed by atoms with E-state index in [9.17, 15) is 19.2 Å². The summed E-state index contributed by atoms with van der Waals surface area (Å²) in [6, 6.07) is 4.38. The lowest BCUT2D eigenvalue weighted by atomic mass is 10.1. The second-order valence-corrected chi connectivity index (χ2v) is 4.70. The predicted molar refractivity (Wildman–Crippen MR) is 80.0 cm³/mol. The molecular weight excluding hydrogens is 302 g/mol. The van der Waals surface area contributed by atoms with Crippen LogP contribution in [0.5, 0.6) is 0 Å². The van der Waals surface area contributed by atoms with Gasteiger partial charge in [-0.15, -0.1) is 0 Å². The Kier molecular flexibility index (Phi) is 3.49. The zero-order valence-corrected chi connectivity index (χ0v) is 12.0. The number of fused-ring (bicyclic) bond motifs is 1. The number of nitrogens with one attached hydrogen (secondary N) is 1. The monoisotopic (exact) mass is 313 g/mol. The number of hydrogen-bond donors (Lipinski definition) is 1. The van der Waals surface area contributed by atoms with Gasteiger partial charge in [-0.1, -0.05) is 0 Å². The number of imide groups is 1. The topological polar surface area (TPSA) is 109 Å². The molecule has 0 spiro atoms. The average molecular weight is 313 g/mol. The van der Waals surface area contributed by atoms with Gasteiger partial charge < -0.3 is 4.74 Å². The maximum Gasteiger partial charge on any atom is 0.362 e. The van der Waals surface area contributed by atoms with E-state index in [0.29, 0.717) is 5.52 Å². The fraction of sp³-hybridized carbons (Fsp3) is 0.133. The second-order valence-electron chi connectivity index (χ2n) is 4.70. The largest absolute Gasteiger partial charge is 0.461 e. The molecule has 0 bridgehead atoms. The summed E-state index contributed by atoms with van der Waals surface area (Å²) in [6.07, 6.45) is 2.29. The van der Waals surface area contributed by atoms with E-state index in [2.05, 4.69) is 10.2 Å². The number of ether oxygens (including phenoxy) is 1. The van der Waals surface area contributed by atoms with Crippen molar-refractivity contribution in [2.75, 3.05) is 11.5 Å². The minimum absolute atomic E-state index is 0.112. The Labute approximate surface area is 129 Å². The Bertz CT molecular complexity index is 910. The van der Waals surface area contributed by atoms with Gasteiger partial charge in [0.2, 0.25) is 11.1 Å². The van der Waals surface area contributed by atoms with E-state index in [1.54, 1.807) is 6.92 Å². The molecule has 116 valence electrons. The number of aromatic amines is 1. The van der Waals surface area contributed by atoms with Crippen molar-refractivity contribution in [3.05, 3.63) is 46.3 Å². The van der Waals surface area contributed by atoms with Crippen molar-refractivity contribution in [2.24, 2.45) is 0 Å². The van der Waals surface area contributed by atoms with Crippen molar-refractivity contribution in [3.8, 4) is 0 Å². The molecule has 3 rings (SSSR count). The van der Waals surface area contributed by atoms with Gasteiger partial charge in [0.1, 0.15) is 0 Å². The number of esters is 1. The highest BCUT2D eigenvalue weighted by atomic mass is 16.5. The minimum atomic E-state index is -0.837. The number of nitrogens with zero attached hydrogens (tertiary/aromatic N) is 2. The third kappa shape index (κ3) is 2.39. The third-order valence-corrected chi connectivity index (χ3v) is 3.29. The first kappa shape index (κ1) is 14.6. The lowest BCUT2D eigenvalue weighted by Crippen LogP contribution is -2.29. The molecular formula is C15H11N3O5. The molecule has 0 saturated heterocycles. The summed E-state index contributed by atoms with van der Waals surface area (Å²) < 4.78 is 4.77. The fourth-order valence-electron chi connectivity index (χ4n) is 2.24. The smallest absolute Gasteiger partial charge is 0.362 e. The zero-order valence-electron chi connectivity index (χ0n) is 12.0. The van der Waals surface area contributed by atoms with Crippen LogP contribution in [0, 0.1) is 0 Å². The van der Waals surface area contributed by atoms with Crippen LogP contribution < -0.4 is 10.3 Å². The number of amides is 2. The quantitative estimate of drug-likeness (QED) is 0.654. The maximum absolute atomic E-state index is 12.4. The van der Waals surface area contributed by atoms with Crippen LogP contribution in [-0.2, 0) is 14.3 Å². The van der Waals surface area contributed by atoms with Crippen molar-refractivity contribution >= 4 is 34.4 Å². The van der Waals surface area contributed by atoms with Crippen LogP contribution >= 0.6 is 0 Å². The Morgan fingerprint density at radius 2 is 1.91 bits per heavy atom. The normalized spacial score (nSPS) is 13.9. The number of anilines is 1. The Balaban J connectivity index is 2.13. The first-order valence-corrected chi connectivity index (χ1v) is 6.78. The van der Waals surface area contributed by atoms with E-state index in [1.807, 2.05) is 0 Å². The van der Waals surface area contributed by atoms with Crippen molar-refractivity contribution in [1.82, 2.24) is 10.2 Å². The van der Waals surface area contributed by atoms with Gasteiger partial charge in [-0.25, -0.2) is 9.69 Å². The van der Waals surface area contributed by atoms with Crippen LogP contribution in [-0.4, -0.2) is 34.6 Å². The summed E-state index contributed by atoms with van der Waals surface area (Å²) in [5.74, 6) is -1.83. The second kappa shape index (κ2) is 5.48. The molecule has 0 unspecified atom stereocenters. The van der Waals surface area contributed by atoms with Crippen molar-refractivity contribution in [2.45, 2.75) is 6.92 Å². The van der Waals surface area contributed by atoms with E-state index < -0.39 is 23.2 Å². The molecule has 23 heavy (non-hydrogen) atoms. The Morgan fingerprint density at radius 3 is 2.57 bits per heavy atom. The van der Waals surface area contributed by atoms with E-state index in [1.165, 1.54) is 18.2 Å². The van der Waals surface area contributed by atoms with Gasteiger partial charge in [0.05, 0.1) is 23.2 Å². The molecule has 2 heterocycles. The van der Waals surface area contributed by atoms with Gasteiger partial charge in [0.15, 0.2) is 0 Å². The van der Waals surface area contributed by atoms with Crippen molar-refractivity contribution in [1.29, 1.82) is 0 Å². The zero-order chi connectivity index (χ0) is 16.6. The van der Waals surface area contributed by atoms with E-state index >= 15 is 0 Å². The number of aromatic nitrogens is 2. The summed E-state index contributed by atoms with van der Waals surface area (Å²) in [6.45, 7) is 1.73. The number of carbonyl (C=O) groups is 3. The molecule has 1 aliphatic rings. The van der Waals surface area contributed by atoms with Gasteiger partial charge >= 0.3 is 5.97 Å². The van der Waals surface area contributed by atoms with E-state index in [-0.39, 0.29) is 23.4 Å². The Morgan fingerprint density at radius 1 is 1.22 bits per heavy atom. The highest BCUT2D eigenvalue weighted by molar-refractivity contribution is 6.28. The van der Waals surface area contributed by atoms with Crippen LogP contribution in [0.25, 0.3) is 10.9 Å². The summed E-state index contributed by atoms with van der Waals surface area (Å²) in [4.78, 5) is 48.5. The van der Waals surface area contributed by atoms with Crippen LogP contribution in [0.2, 0.25) is 0 Å². The molecule has 1 aromatic heterocycles. The van der Waals surface area contributed by atoms with Gasteiger partial charge in [-0.3, -0.25) is 19.5 Å². The van der Waals surface area contributed by atoms with Crippen LogP contribution in [0.15, 0.2) is 35.1 Å². The molecule has 0 saturated carbocycles. The highest BCUT2D eigenvalue weighted by Crippen LogP contribution is 2.22. The van der Waals surface area contributed by atoms with Gasteiger partial charge in [0, 0.05) is 12.2 Å². The summed E-state index contributed by atoms with van der Waals surface area (Å²) in [5.41, 5.74) is -0.400. The highest BCUT2D eigenvalue weighted by Gasteiger charge is 2.26.